The molecular weight excluding hydrogens is 406 g/mol. The lowest BCUT2D eigenvalue weighted by molar-refractivity contribution is -0.135. The fraction of sp³-hybridized carbons (Fsp3) is 0.381. The van der Waals surface area contributed by atoms with Gasteiger partial charge in [-0.3, -0.25) is 14.9 Å². The zero-order valence-corrected chi connectivity index (χ0v) is 17.5. The van der Waals surface area contributed by atoms with E-state index in [0.717, 1.165) is 24.8 Å². The van der Waals surface area contributed by atoms with Gasteiger partial charge in [0.15, 0.2) is 0 Å². The van der Waals surface area contributed by atoms with Gasteiger partial charge in [-0.1, -0.05) is 36.8 Å². The highest BCUT2D eigenvalue weighted by molar-refractivity contribution is 7.89. The van der Waals surface area contributed by atoms with E-state index in [1.165, 1.54) is 12.1 Å². The summed E-state index contributed by atoms with van der Waals surface area (Å²) in [4.78, 5) is 14.0. The van der Waals surface area contributed by atoms with Crippen LogP contribution in [0.2, 0.25) is 0 Å². The van der Waals surface area contributed by atoms with E-state index in [4.69, 9.17) is 9.94 Å². The van der Waals surface area contributed by atoms with Gasteiger partial charge in [0.05, 0.1) is 4.90 Å². The van der Waals surface area contributed by atoms with Crippen molar-refractivity contribution in [3.63, 3.8) is 0 Å². The predicted octanol–water partition coefficient (Wildman–Crippen LogP) is 1.90. The SMILES string of the molecule is O=C(NO)[C@H](CNS(=O)(=O)c1ccc(OCc2ccccc2)cc1)N1CCCCC1. The molecule has 30 heavy (non-hydrogen) atoms. The van der Waals surface area contributed by atoms with Gasteiger partial charge in [-0.05, 0) is 55.8 Å². The summed E-state index contributed by atoms with van der Waals surface area (Å²) in [6.07, 6.45) is 2.95. The molecule has 3 N–H and O–H groups in total. The Morgan fingerprint density at radius 3 is 2.33 bits per heavy atom. The third-order valence-electron chi connectivity index (χ3n) is 5.09. The number of hydrogen-bond donors (Lipinski definition) is 3. The van der Waals surface area contributed by atoms with Gasteiger partial charge in [0.2, 0.25) is 10.0 Å². The van der Waals surface area contributed by atoms with Gasteiger partial charge < -0.3 is 4.74 Å². The first-order valence-electron chi connectivity index (χ1n) is 9.94. The first-order valence-corrected chi connectivity index (χ1v) is 11.4. The number of benzene rings is 2. The lowest BCUT2D eigenvalue weighted by Gasteiger charge is -2.33. The summed E-state index contributed by atoms with van der Waals surface area (Å²) >= 11 is 0. The number of piperidine rings is 1. The molecule has 9 heteroatoms. The second-order valence-corrected chi connectivity index (χ2v) is 8.95. The Labute approximate surface area is 176 Å². The first-order chi connectivity index (χ1) is 14.5. The van der Waals surface area contributed by atoms with E-state index >= 15 is 0 Å². The number of nitrogens with one attached hydrogen (secondary N) is 2. The van der Waals surface area contributed by atoms with Crippen LogP contribution >= 0.6 is 0 Å². The molecule has 1 aliphatic heterocycles. The molecule has 8 nitrogen and oxygen atoms in total. The van der Waals surface area contributed by atoms with Crippen LogP contribution in [0.15, 0.2) is 59.5 Å². The molecule has 0 aromatic heterocycles. The number of hydroxylamine groups is 1. The molecule has 162 valence electrons. The molecule has 3 rings (SSSR count). The molecule has 2 aromatic carbocycles. The number of ether oxygens (including phenoxy) is 1. The van der Waals surface area contributed by atoms with E-state index in [9.17, 15) is 13.2 Å². The average molecular weight is 434 g/mol. The maximum Gasteiger partial charge on any atom is 0.262 e. The van der Waals surface area contributed by atoms with Crippen LogP contribution in [0.25, 0.3) is 0 Å². The summed E-state index contributed by atoms with van der Waals surface area (Å²) in [6.45, 7) is 1.64. The molecule has 0 radical (unpaired) electrons. The van der Waals surface area contributed by atoms with E-state index in [1.807, 2.05) is 35.2 Å². The minimum Gasteiger partial charge on any atom is -0.489 e. The van der Waals surface area contributed by atoms with Crippen molar-refractivity contribution in [1.82, 2.24) is 15.1 Å². The van der Waals surface area contributed by atoms with E-state index in [1.54, 1.807) is 17.6 Å². The minimum absolute atomic E-state index is 0.0800. The van der Waals surface area contributed by atoms with Crippen molar-refractivity contribution in [1.29, 1.82) is 0 Å². The molecule has 0 saturated carbocycles. The number of carbonyl (C=O) groups excluding carboxylic acids is 1. The monoisotopic (exact) mass is 433 g/mol. The highest BCUT2D eigenvalue weighted by Gasteiger charge is 2.28. The minimum atomic E-state index is -3.81. The molecule has 2 aromatic rings. The third kappa shape index (κ3) is 6.02. The number of carbonyl (C=O) groups is 1. The van der Waals surface area contributed by atoms with Crippen molar-refractivity contribution in [2.75, 3.05) is 19.6 Å². The zero-order chi connectivity index (χ0) is 21.4. The number of amides is 1. The van der Waals surface area contributed by atoms with Crippen molar-refractivity contribution < 1.29 is 23.2 Å². The topological polar surface area (TPSA) is 108 Å². The van der Waals surface area contributed by atoms with E-state index in [-0.39, 0.29) is 11.4 Å². The van der Waals surface area contributed by atoms with Crippen LogP contribution in [0.5, 0.6) is 5.75 Å². The highest BCUT2D eigenvalue weighted by atomic mass is 32.2. The molecule has 1 fully saturated rings. The van der Waals surface area contributed by atoms with Crippen molar-refractivity contribution in [3.05, 3.63) is 60.2 Å². The largest absolute Gasteiger partial charge is 0.489 e. The smallest absolute Gasteiger partial charge is 0.262 e. The van der Waals surface area contributed by atoms with Crippen molar-refractivity contribution in [2.45, 2.75) is 36.8 Å². The number of likely N-dealkylation sites (tertiary alicyclic amines) is 1. The van der Waals surface area contributed by atoms with E-state index in [2.05, 4.69) is 4.72 Å². The lowest BCUT2D eigenvalue weighted by atomic mass is 10.1. The molecule has 1 amide bonds. The Morgan fingerprint density at radius 1 is 1.03 bits per heavy atom. The Balaban J connectivity index is 1.60. The quantitative estimate of drug-likeness (QED) is 0.412. The molecule has 0 spiro atoms. The van der Waals surface area contributed by atoms with Gasteiger partial charge in [-0.25, -0.2) is 18.6 Å². The number of rotatable bonds is 9. The maximum absolute atomic E-state index is 12.7. The lowest BCUT2D eigenvalue weighted by Crippen LogP contribution is -2.53. The van der Waals surface area contributed by atoms with Crippen LogP contribution in [0.3, 0.4) is 0 Å². The summed E-state index contributed by atoms with van der Waals surface area (Å²) < 4.78 is 33.5. The molecule has 0 bridgehead atoms. The van der Waals surface area contributed by atoms with Crippen LogP contribution in [-0.4, -0.2) is 50.1 Å². The van der Waals surface area contributed by atoms with Gasteiger partial charge in [0.25, 0.3) is 5.91 Å². The third-order valence-corrected chi connectivity index (χ3v) is 6.53. The molecule has 1 aliphatic rings. The fourth-order valence-corrected chi connectivity index (χ4v) is 4.46. The highest BCUT2D eigenvalue weighted by Crippen LogP contribution is 2.18. The molecular formula is C21H27N3O5S. The van der Waals surface area contributed by atoms with Crippen LogP contribution in [-0.2, 0) is 21.4 Å². The predicted molar refractivity (Wildman–Crippen MR) is 112 cm³/mol. The summed E-state index contributed by atoms with van der Waals surface area (Å²) in [5.74, 6) is -0.0621. The standard InChI is InChI=1S/C21H27N3O5S/c25-21(23-26)20(24-13-5-2-6-14-24)15-22-30(27,28)19-11-9-18(10-12-19)29-16-17-7-3-1-4-8-17/h1,3-4,7-12,20,22,26H,2,5-6,13-16H2,(H,23,25)/t20-/m0/s1. The fourth-order valence-electron chi connectivity index (χ4n) is 3.42. The Bertz CT molecular complexity index is 913. The molecule has 1 heterocycles. The molecule has 0 aliphatic carbocycles. The van der Waals surface area contributed by atoms with Crippen molar-refractivity contribution in [2.24, 2.45) is 0 Å². The molecule has 0 unspecified atom stereocenters. The van der Waals surface area contributed by atoms with Gasteiger partial charge in [-0.2, -0.15) is 0 Å². The van der Waals surface area contributed by atoms with E-state index in [0.29, 0.717) is 25.4 Å². The Hall–Kier alpha value is -2.46. The number of sulfonamides is 1. The van der Waals surface area contributed by atoms with Crippen LogP contribution in [0, 0.1) is 0 Å². The Morgan fingerprint density at radius 2 is 1.70 bits per heavy atom. The van der Waals surface area contributed by atoms with E-state index < -0.39 is 22.0 Å². The average Bonchev–Trinajstić information content (AvgIpc) is 2.79. The summed E-state index contributed by atoms with van der Waals surface area (Å²) in [5.41, 5.74) is 2.66. The van der Waals surface area contributed by atoms with Crippen LogP contribution in [0.4, 0.5) is 0 Å². The number of nitrogens with zero attached hydrogens (tertiary/aromatic N) is 1. The summed E-state index contributed by atoms with van der Waals surface area (Å²) in [6, 6.07) is 15.0. The second-order valence-electron chi connectivity index (χ2n) is 7.19. The molecule has 1 atom stereocenters. The second kappa shape index (κ2) is 10.5. The van der Waals surface area contributed by atoms with Crippen molar-refractivity contribution in [3.8, 4) is 5.75 Å². The normalized spacial score (nSPS) is 16.0. The Kier molecular flexibility index (Phi) is 7.81. The first kappa shape index (κ1) is 22.2. The van der Waals surface area contributed by atoms with Gasteiger partial charge in [-0.15, -0.1) is 0 Å². The zero-order valence-electron chi connectivity index (χ0n) is 16.7. The van der Waals surface area contributed by atoms with Gasteiger partial charge in [0.1, 0.15) is 18.4 Å². The summed E-state index contributed by atoms with van der Waals surface area (Å²) in [5, 5.41) is 9.03. The van der Waals surface area contributed by atoms with Crippen molar-refractivity contribution >= 4 is 15.9 Å². The van der Waals surface area contributed by atoms with Gasteiger partial charge >= 0.3 is 0 Å². The van der Waals surface area contributed by atoms with Gasteiger partial charge in [0, 0.05) is 6.54 Å². The van der Waals surface area contributed by atoms with Crippen LogP contribution < -0.4 is 14.9 Å². The molecule has 1 saturated heterocycles. The number of hydrogen-bond acceptors (Lipinski definition) is 6. The summed E-state index contributed by atoms with van der Waals surface area (Å²) in [7, 11) is -3.81. The maximum atomic E-state index is 12.7. The van der Waals surface area contributed by atoms with Crippen LogP contribution in [0.1, 0.15) is 24.8 Å².